The quantitative estimate of drug-likeness (QED) is 0.657. The van der Waals surface area contributed by atoms with Crippen LogP contribution < -0.4 is 9.47 Å². The van der Waals surface area contributed by atoms with Gasteiger partial charge in [-0.1, -0.05) is 18.6 Å². The van der Waals surface area contributed by atoms with Crippen LogP contribution in [0.1, 0.15) is 24.6 Å². The first-order chi connectivity index (χ1) is 12.2. The van der Waals surface area contributed by atoms with Gasteiger partial charge in [-0.15, -0.1) is 5.10 Å². The number of aryl methyl sites for hydroxylation is 1. The number of nitrogens with zero attached hydrogens (tertiary/aromatic N) is 5. The molecule has 0 saturated carbocycles. The maximum atomic E-state index is 13.8. The monoisotopic (exact) mass is 343 g/mol. The molecule has 25 heavy (non-hydrogen) atoms. The molecule has 0 radical (unpaired) electrons. The number of hydrogen-bond donors (Lipinski definition) is 0. The van der Waals surface area contributed by atoms with Crippen LogP contribution in [0.5, 0.6) is 11.8 Å². The van der Waals surface area contributed by atoms with Gasteiger partial charge in [0.1, 0.15) is 18.1 Å². The van der Waals surface area contributed by atoms with Gasteiger partial charge >= 0.3 is 6.01 Å². The van der Waals surface area contributed by atoms with Crippen LogP contribution in [0.4, 0.5) is 4.39 Å². The molecular formula is C17H18FN5O2. The Labute approximate surface area is 144 Å². The molecular weight excluding hydrogens is 325 g/mol. The summed E-state index contributed by atoms with van der Waals surface area (Å²) in [6, 6.07) is 5.12. The first-order valence-corrected chi connectivity index (χ1v) is 7.88. The van der Waals surface area contributed by atoms with Crippen molar-refractivity contribution in [2.45, 2.75) is 26.4 Å². The maximum absolute atomic E-state index is 13.8. The van der Waals surface area contributed by atoms with Gasteiger partial charge in [-0.2, -0.15) is 9.97 Å². The third-order valence-electron chi connectivity index (χ3n) is 3.54. The average Bonchev–Trinajstić information content (AvgIpc) is 3.11. The number of halogens is 1. The molecule has 8 heteroatoms. The van der Waals surface area contributed by atoms with Gasteiger partial charge in [0, 0.05) is 0 Å². The fourth-order valence-electron chi connectivity index (χ4n) is 2.28. The van der Waals surface area contributed by atoms with E-state index in [2.05, 4.69) is 20.3 Å². The van der Waals surface area contributed by atoms with Crippen LogP contribution in [-0.2, 0) is 13.0 Å². The smallest absolute Gasteiger partial charge is 0.316 e. The number of ether oxygens (including phenoxy) is 2. The second-order valence-corrected chi connectivity index (χ2v) is 5.37. The second-order valence-electron chi connectivity index (χ2n) is 5.37. The Bertz CT molecular complexity index is 835. The molecule has 0 aliphatic rings. The zero-order valence-corrected chi connectivity index (χ0v) is 14.0. The Morgan fingerprint density at radius 2 is 2.00 bits per heavy atom. The Morgan fingerprint density at radius 1 is 1.20 bits per heavy atom. The first kappa shape index (κ1) is 16.8. The lowest BCUT2D eigenvalue weighted by Crippen LogP contribution is -2.00. The fourth-order valence-corrected chi connectivity index (χ4v) is 2.28. The maximum Gasteiger partial charge on any atom is 0.316 e. The summed E-state index contributed by atoms with van der Waals surface area (Å²) in [5, 5.41) is 8.11. The van der Waals surface area contributed by atoms with E-state index in [-0.39, 0.29) is 18.4 Å². The van der Waals surface area contributed by atoms with E-state index in [1.165, 1.54) is 18.5 Å². The summed E-state index contributed by atoms with van der Waals surface area (Å²) in [6.45, 7) is 2.19. The van der Waals surface area contributed by atoms with E-state index in [4.69, 9.17) is 9.47 Å². The Hall–Kier alpha value is -3.03. The van der Waals surface area contributed by atoms with Gasteiger partial charge in [-0.3, -0.25) is 0 Å². The van der Waals surface area contributed by atoms with Crippen LogP contribution in [0.25, 0.3) is 5.69 Å². The topological polar surface area (TPSA) is 75.0 Å². The molecule has 3 rings (SSSR count). The normalized spacial score (nSPS) is 10.7. The molecule has 3 aromatic rings. The third kappa shape index (κ3) is 4.09. The predicted molar refractivity (Wildman–Crippen MR) is 88.2 cm³/mol. The van der Waals surface area contributed by atoms with Crippen molar-refractivity contribution in [3.8, 4) is 17.4 Å². The van der Waals surface area contributed by atoms with Crippen LogP contribution in [0.2, 0.25) is 0 Å². The summed E-state index contributed by atoms with van der Waals surface area (Å²) in [6.07, 6.45) is 6.32. The summed E-state index contributed by atoms with van der Waals surface area (Å²) in [7, 11) is 1.54. The summed E-state index contributed by atoms with van der Waals surface area (Å²) in [5.74, 6) is 0.350. The molecule has 130 valence electrons. The zero-order valence-electron chi connectivity index (χ0n) is 14.0. The van der Waals surface area contributed by atoms with Crippen molar-refractivity contribution >= 4 is 0 Å². The van der Waals surface area contributed by atoms with Gasteiger partial charge < -0.3 is 9.47 Å². The van der Waals surface area contributed by atoms with Crippen LogP contribution >= 0.6 is 0 Å². The zero-order chi connectivity index (χ0) is 17.6. The van der Waals surface area contributed by atoms with E-state index < -0.39 is 0 Å². The highest BCUT2D eigenvalue weighted by molar-refractivity contribution is 5.36. The molecule has 7 nitrogen and oxygen atoms in total. The SMILES string of the molecule is CCCc1cc(-n2cc(COc3ncc(OC)cn3)nn2)ccc1F. The van der Waals surface area contributed by atoms with E-state index in [1.807, 2.05) is 6.92 Å². The van der Waals surface area contributed by atoms with E-state index in [9.17, 15) is 4.39 Å². The number of methoxy groups -OCH3 is 1. The Morgan fingerprint density at radius 3 is 2.72 bits per heavy atom. The minimum absolute atomic E-state index is 0.176. The number of aromatic nitrogens is 5. The van der Waals surface area contributed by atoms with Gasteiger partial charge in [0.15, 0.2) is 5.75 Å². The molecule has 0 spiro atoms. The average molecular weight is 343 g/mol. The number of benzene rings is 1. The largest absolute Gasteiger partial charge is 0.494 e. The molecule has 0 saturated heterocycles. The molecule has 2 aromatic heterocycles. The van der Waals surface area contributed by atoms with Crippen LogP contribution in [-0.4, -0.2) is 32.1 Å². The highest BCUT2D eigenvalue weighted by Crippen LogP contribution is 2.16. The lowest BCUT2D eigenvalue weighted by molar-refractivity contribution is 0.274. The molecule has 0 atom stereocenters. The summed E-state index contributed by atoms with van der Waals surface area (Å²) < 4.78 is 25.8. The van der Waals surface area contributed by atoms with Crippen molar-refractivity contribution in [3.05, 3.63) is 53.9 Å². The number of rotatable bonds is 7. The molecule has 0 aliphatic heterocycles. The van der Waals surface area contributed by atoms with E-state index in [1.54, 1.807) is 30.1 Å². The predicted octanol–water partition coefficient (Wildman–Crippen LogP) is 2.74. The van der Waals surface area contributed by atoms with Crippen molar-refractivity contribution < 1.29 is 13.9 Å². The molecule has 0 N–H and O–H groups in total. The van der Waals surface area contributed by atoms with E-state index in [0.29, 0.717) is 23.4 Å². The standard InChI is InChI=1S/C17H18FN5O2/c1-3-4-12-7-14(5-6-16(12)18)23-10-13(21-22-23)11-25-17-19-8-15(24-2)9-20-17/h5-10H,3-4,11H2,1-2H3. The van der Waals surface area contributed by atoms with E-state index in [0.717, 1.165) is 12.1 Å². The molecule has 2 heterocycles. The molecule has 0 bridgehead atoms. The summed E-state index contributed by atoms with van der Waals surface area (Å²) in [5.41, 5.74) is 2.03. The summed E-state index contributed by atoms with van der Waals surface area (Å²) >= 11 is 0. The fraction of sp³-hybridized carbons (Fsp3) is 0.294. The van der Waals surface area contributed by atoms with Gasteiger partial charge in [-0.05, 0) is 30.2 Å². The highest BCUT2D eigenvalue weighted by Gasteiger charge is 2.08. The third-order valence-corrected chi connectivity index (χ3v) is 3.54. The van der Waals surface area contributed by atoms with Crippen molar-refractivity contribution in [1.82, 2.24) is 25.0 Å². The minimum atomic E-state index is -0.203. The van der Waals surface area contributed by atoms with E-state index >= 15 is 0 Å². The van der Waals surface area contributed by atoms with Crippen molar-refractivity contribution in [3.63, 3.8) is 0 Å². The van der Waals surface area contributed by atoms with Crippen LogP contribution in [0.15, 0.2) is 36.8 Å². The van der Waals surface area contributed by atoms with Crippen molar-refractivity contribution in [1.29, 1.82) is 0 Å². The molecule has 0 unspecified atom stereocenters. The lowest BCUT2D eigenvalue weighted by Gasteiger charge is -2.05. The van der Waals surface area contributed by atoms with Crippen LogP contribution in [0.3, 0.4) is 0 Å². The summed E-state index contributed by atoms with van der Waals surface area (Å²) in [4.78, 5) is 8.03. The number of hydrogen-bond acceptors (Lipinski definition) is 6. The first-order valence-electron chi connectivity index (χ1n) is 7.88. The lowest BCUT2D eigenvalue weighted by atomic mass is 10.1. The van der Waals surface area contributed by atoms with Gasteiger partial charge in [0.2, 0.25) is 0 Å². The van der Waals surface area contributed by atoms with Crippen molar-refractivity contribution in [2.75, 3.05) is 7.11 Å². The van der Waals surface area contributed by atoms with Crippen molar-refractivity contribution in [2.24, 2.45) is 0 Å². The molecule has 1 aromatic carbocycles. The molecule has 0 aliphatic carbocycles. The van der Waals surface area contributed by atoms with Gasteiger partial charge in [-0.25, -0.2) is 9.07 Å². The molecule has 0 amide bonds. The molecule has 0 fully saturated rings. The highest BCUT2D eigenvalue weighted by atomic mass is 19.1. The minimum Gasteiger partial charge on any atom is -0.494 e. The van der Waals surface area contributed by atoms with Gasteiger partial charge in [0.05, 0.1) is 31.4 Å². The Balaban J connectivity index is 1.68. The Kier molecular flexibility index (Phi) is 5.17. The second kappa shape index (κ2) is 7.69. The van der Waals surface area contributed by atoms with Gasteiger partial charge in [0.25, 0.3) is 0 Å². The van der Waals surface area contributed by atoms with Crippen LogP contribution in [0, 0.1) is 5.82 Å².